The summed E-state index contributed by atoms with van der Waals surface area (Å²) in [5, 5.41) is 10.2. The first-order valence-corrected chi connectivity index (χ1v) is 8.28. The van der Waals surface area contributed by atoms with Crippen molar-refractivity contribution in [1.82, 2.24) is 20.7 Å². The molecule has 0 saturated carbocycles. The molecule has 23 heavy (non-hydrogen) atoms. The Bertz CT molecular complexity index is 532. The number of carbonyl (C=O) groups is 1. The Hall–Kier alpha value is -2.05. The molecule has 1 aromatic rings. The van der Waals surface area contributed by atoms with Gasteiger partial charge in [-0.1, -0.05) is 19.0 Å². The quantitative estimate of drug-likeness (QED) is 0.634. The highest BCUT2D eigenvalue weighted by molar-refractivity contribution is 5.86. The Balaban J connectivity index is 1.75. The Morgan fingerprint density at radius 3 is 2.70 bits per heavy atom. The minimum Gasteiger partial charge on any atom is -0.359 e. The standard InChI is InChI=1S/C16H27N5O2/c1-12(2)14-9-13(23-20-14)10-18-16(17-3)19-11-15(22)21-7-5-4-6-8-21/h9,12H,4-8,10-11H2,1-3H3,(H2,17,18,19). The summed E-state index contributed by atoms with van der Waals surface area (Å²) in [5.41, 5.74) is 0.935. The van der Waals surface area contributed by atoms with E-state index in [2.05, 4.69) is 34.6 Å². The highest BCUT2D eigenvalue weighted by Gasteiger charge is 2.16. The van der Waals surface area contributed by atoms with Crippen LogP contribution in [0.4, 0.5) is 0 Å². The van der Waals surface area contributed by atoms with Crippen molar-refractivity contribution in [3.8, 4) is 0 Å². The van der Waals surface area contributed by atoms with Crippen LogP contribution >= 0.6 is 0 Å². The number of aromatic nitrogens is 1. The molecule has 1 saturated heterocycles. The fourth-order valence-electron chi connectivity index (χ4n) is 2.49. The second-order valence-corrected chi connectivity index (χ2v) is 6.09. The summed E-state index contributed by atoms with van der Waals surface area (Å²) < 4.78 is 5.27. The molecule has 1 aromatic heterocycles. The van der Waals surface area contributed by atoms with E-state index in [1.807, 2.05) is 11.0 Å². The van der Waals surface area contributed by atoms with Gasteiger partial charge in [-0.2, -0.15) is 0 Å². The molecule has 0 aromatic carbocycles. The number of hydrogen-bond donors (Lipinski definition) is 2. The predicted octanol–water partition coefficient (Wildman–Crippen LogP) is 1.48. The van der Waals surface area contributed by atoms with Gasteiger partial charge in [0, 0.05) is 26.2 Å². The number of rotatable bonds is 5. The van der Waals surface area contributed by atoms with Gasteiger partial charge in [-0.15, -0.1) is 0 Å². The third kappa shape index (κ3) is 5.26. The van der Waals surface area contributed by atoms with Crippen molar-refractivity contribution in [3.63, 3.8) is 0 Å². The molecular formula is C16H27N5O2. The number of nitrogens with zero attached hydrogens (tertiary/aromatic N) is 3. The first kappa shape index (κ1) is 17.3. The van der Waals surface area contributed by atoms with E-state index in [1.54, 1.807) is 7.05 Å². The second kappa shape index (κ2) is 8.55. The summed E-state index contributed by atoms with van der Waals surface area (Å²) in [7, 11) is 1.68. The average Bonchev–Trinajstić information content (AvgIpc) is 3.05. The molecule has 0 atom stereocenters. The maximum atomic E-state index is 12.1. The number of piperidine rings is 1. The lowest BCUT2D eigenvalue weighted by atomic mass is 10.1. The molecule has 0 radical (unpaired) electrons. The van der Waals surface area contributed by atoms with E-state index >= 15 is 0 Å². The van der Waals surface area contributed by atoms with Crippen LogP contribution in [0.2, 0.25) is 0 Å². The zero-order valence-electron chi connectivity index (χ0n) is 14.3. The summed E-state index contributed by atoms with van der Waals surface area (Å²) in [6.45, 7) is 6.61. The van der Waals surface area contributed by atoms with Gasteiger partial charge in [-0.3, -0.25) is 9.79 Å². The normalized spacial score (nSPS) is 15.8. The van der Waals surface area contributed by atoms with Crippen LogP contribution in [0.5, 0.6) is 0 Å². The van der Waals surface area contributed by atoms with E-state index in [0.29, 0.717) is 18.4 Å². The van der Waals surface area contributed by atoms with Crippen LogP contribution in [0, 0.1) is 0 Å². The van der Waals surface area contributed by atoms with Crippen LogP contribution in [-0.2, 0) is 11.3 Å². The number of likely N-dealkylation sites (tertiary alicyclic amines) is 1. The largest absolute Gasteiger partial charge is 0.359 e. The first-order chi connectivity index (χ1) is 11.1. The lowest BCUT2D eigenvalue weighted by Crippen LogP contribution is -2.45. The summed E-state index contributed by atoms with van der Waals surface area (Å²) in [4.78, 5) is 18.2. The topological polar surface area (TPSA) is 82.8 Å². The van der Waals surface area contributed by atoms with Crippen LogP contribution in [0.15, 0.2) is 15.6 Å². The van der Waals surface area contributed by atoms with Gasteiger partial charge < -0.3 is 20.1 Å². The zero-order chi connectivity index (χ0) is 16.7. The van der Waals surface area contributed by atoms with Gasteiger partial charge in [0.2, 0.25) is 5.91 Å². The van der Waals surface area contributed by atoms with Crippen molar-refractivity contribution < 1.29 is 9.32 Å². The van der Waals surface area contributed by atoms with Crippen LogP contribution in [0.25, 0.3) is 0 Å². The van der Waals surface area contributed by atoms with Gasteiger partial charge in [0.05, 0.1) is 18.8 Å². The predicted molar refractivity (Wildman–Crippen MR) is 89.2 cm³/mol. The third-order valence-corrected chi connectivity index (χ3v) is 3.94. The minimum absolute atomic E-state index is 0.120. The lowest BCUT2D eigenvalue weighted by molar-refractivity contribution is -0.130. The Morgan fingerprint density at radius 1 is 1.35 bits per heavy atom. The van der Waals surface area contributed by atoms with Crippen molar-refractivity contribution in [1.29, 1.82) is 0 Å². The molecule has 0 aliphatic carbocycles. The zero-order valence-corrected chi connectivity index (χ0v) is 14.3. The fourth-order valence-corrected chi connectivity index (χ4v) is 2.49. The molecule has 1 fully saturated rings. The van der Waals surface area contributed by atoms with E-state index < -0.39 is 0 Å². The number of hydrogen-bond acceptors (Lipinski definition) is 4. The molecule has 0 bridgehead atoms. The van der Waals surface area contributed by atoms with Crippen molar-refractivity contribution in [3.05, 3.63) is 17.5 Å². The highest BCUT2D eigenvalue weighted by atomic mass is 16.5. The molecule has 1 aliphatic heterocycles. The van der Waals surface area contributed by atoms with Crippen LogP contribution < -0.4 is 10.6 Å². The molecule has 7 heteroatoms. The van der Waals surface area contributed by atoms with Gasteiger partial charge in [-0.25, -0.2) is 0 Å². The van der Waals surface area contributed by atoms with E-state index in [1.165, 1.54) is 6.42 Å². The third-order valence-electron chi connectivity index (χ3n) is 3.94. The van der Waals surface area contributed by atoms with Gasteiger partial charge in [0.25, 0.3) is 0 Å². The Labute approximate surface area is 137 Å². The van der Waals surface area contributed by atoms with E-state index in [-0.39, 0.29) is 12.5 Å². The maximum Gasteiger partial charge on any atom is 0.241 e. The van der Waals surface area contributed by atoms with Crippen molar-refractivity contribution >= 4 is 11.9 Å². The summed E-state index contributed by atoms with van der Waals surface area (Å²) in [6, 6.07) is 1.93. The minimum atomic E-state index is 0.120. The van der Waals surface area contributed by atoms with E-state index in [9.17, 15) is 4.79 Å². The molecule has 0 spiro atoms. The monoisotopic (exact) mass is 321 g/mol. The number of carbonyl (C=O) groups excluding carboxylic acids is 1. The summed E-state index contributed by atoms with van der Waals surface area (Å²) >= 11 is 0. The molecule has 2 rings (SSSR count). The molecule has 128 valence electrons. The summed E-state index contributed by atoms with van der Waals surface area (Å²) in [6.07, 6.45) is 3.42. The molecule has 1 aliphatic rings. The molecule has 0 unspecified atom stereocenters. The highest BCUT2D eigenvalue weighted by Crippen LogP contribution is 2.13. The number of aliphatic imine (C=N–C) groups is 1. The van der Waals surface area contributed by atoms with Gasteiger partial charge in [0.15, 0.2) is 11.7 Å². The van der Waals surface area contributed by atoms with E-state index in [0.717, 1.165) is 37.4 Å². The SMILES string of the molecule is CN=C(NCC(=O)N1CCCCC1)NCc1cc(C(C)C)no1. The molecule has 1 amide bonds. The fraction of sp³-hybridized carbons (Fsp3) is 0.688. The molecule has 2 N–H and O–H groups in total. The Morgan fingerprint density at radius 2 is 2.09 bits per heavy atom. The first-order valence-electron chi connectivity index (χ1n) is 8.28. The smallest absolute Gasteiger partial charge is 0.241 e. The average molecular weight is 321 g/mol. The number of amides is 1. The van der Waals surface area contributed by atoms with E-state index in [4.69, 9.17) is 4.52 Å². The van der Waals surface area contributed by atoms with Crippen molar-refractivity contribution in [2.45, 2.75) is 45.6 Å². The van der Waals surface area contributed by atoms with Crippen molar-refractivity contribution in [2.24, 2.45) is 4.99 Å². The summed E-state index contributed by atoms with van der Waals surface area (Å²) in [5.74, 6) is 1.79. The van der Waals surface area contributed by atoms with Crippen LogP contribution in [-0.4, -0.2) is 48.6 Å². The van der Waals surface area contributed by atoms with Crippen LogP contribution in [0.1, 0.15) is 50.5 Å². The molecule has 2 heterocycles. The number of nitrogens with one attached hydrogen (secondary N) is 2. The van der Waals surface area contributed by atoms with Crippen molar-refractivity contribution in [2.75, 3.05) is 26.7 Å². The second-order valence-electron chi connectivity index (χ2n) is 6.09. The number of guanidine groups is 1. The van der Waals surface area contributed by atoms with Gasteiger partial charge in [-0.05, 0) is 25.2 Å². The van der Waals surface area contributed by atoms with Gasteiger partial charge >= 0.3 is 0 Å². The lowest BCUT2D eigenvalue weighted by Gasteiger charge is -2.27. The maximum absolute atomic E-state index is 12.1. The molecule has 7 nitrogen and oxygen atoms in total. The molecular weight excluding hydrogens is 294 g/mol. The van der Waals surface area contributed by atoms with Crippen LogP contribution in [0.3, 0.4) is 0 Å². The Kier molecular flexibility index (Phi) is 6.43. The van der Waals surface area contributed by atoms with Gasteiger partial charge in [0.1, 0.15) is 0 Å².